The Labute approximate surface area is 141 Å². The molecule has 0 unspecified atom stereocenters. The van der Waals surface area contributed by atoms with Crippen LogP contribution in [0.2, 0.25) is 0 Å². The van der Waals surface area contributed by atoms with Gasteiger partial charge < -0.3 is 19.3 Å². The quantitative estimate of drug-likeness (QED) is 0.837. The van der Waals surface area contributed by atoms with Gasteiger partial charge in [-0.1, -0.05) is 6.07 Å². The molecule has 1 aromatic carbocycles. The van der Waals surface area contributed by atoms with Gasteiger partial charge in [-0.15, -0.1) is 0 Å². The van der Waals surface area contributed by atoms with Crippen molar-refractivity contribution in [2.45, 2.75) is 38.5 Å². The number of likely N-dealkylation sites (tertiary alicyclic amines) is 1. The Hall–Kier alpha value is -2.08. The second-order valence-electron chi connectivity index (χ2n) is 6.83. The van der Waals surface area contributed by atoms with Gasteiger partial charge in [-0.2, -0.15) is 0 Å². The van der Waals surface area contributed by atoms with Crippen molar-refractivity contribution in [3.63, 3.8) is 0 Å². The molecule has 0 radical (unpaired) electrons. The first kappa shape index (κ1) is 15.4. The molecule has 3 heterocycles. The normalized spacial score (nSPS) is 28.2. The molecule has 3 aliphatic rings. The van der Waals surface area contributed by atoms with Gasteiger partial charge in [0.05, 0.1) is 19.1 Å². The number of nitrogens with zero attached hydrogens (tertiary/aromatic N) is 2. The van der Waals surface area contributed by atoms with E-state index in [-0.39, 0.29) is 24.5 Å². The molecule has 0 aliphatic carbocycles. The topological polar surface area (TPSA) is 59.1 Å². The number of carbonyl (C=O) groups excluding carboxylic acids is 2. The second-order valence-corrected chi connectivity index (χ2v) is 6.83. The van der Waals surface area contributed by atoms with E-state index in [1.807, 2.05) is 36.9 Å². The molecule has 0 saturated carbocycles. The maximum Gasteiger partial charge on any atom is 0.260 e. The molecule has 128 valence electrons. The predicted octanol–water partition coefficient (Wildman–Crippen LogP) is 1.24. The summed E-state index contributed by atoms with van der Waals surface area (Å²) in [5, 5.41) is 0. The number of benzene rings is 1. The Morgan fingerprint density at radius 3 is 2.96 bits per heavy atom. The van der Waals surface area contributed by atoms with E-state index in [9.17, 15) is 9.59 Å². The molecule has 0 aromatic heterocycles. The molecule has 3 saturated heterocycles. The molecule has 1 spiro atoms. The number of hydrogen-bond donors (Lipinski definition) is 0. The summed E-state index contributed by atoms with van der Waals surface area (Å²) in [4.78, 5) is 28.4. The van der Waals surface area contributed by atoms with Gasteiger partial charge in [0.2, 0.25) is 5.91 Å². The van der Waals surface area contributed by atoms with Crippen LogP contribution in [0.1, 0.15) is 24.0 Å². The number of hydrogen-bond acceptors (Lipinski definition) is 4. The lowest BCUT2D eigenvalue weighted by Gasteiger charge is -2.31. The molecule has 2 amide bonds. The molecule has 3 aliphatic heterocycles. The van der Waals surface area contributed by atoms with Crippen LogP contribution in [0.4, 0.5) is 0 Å². The SMILES string of the molecule is Cc1ccc(OCC(=O)N2CC[C@@]34OCCN3C(=O)C[C@@H]24)cc1C. The minimum atomic E-state index is -0.576. The number of ether oxygens (including phenoxy) is 2. The van der Waals surface area contributed by atoms with Gasteiger partial charge in [0.1, 0.15) is 5.75 Å². The fourth-order valence-electron chi connectivity index (χ4n) is 4.12. The molecule has 4 rings (SSSR count). The summed E-state index contributed by atoms with van der Waals surface area (Å²) in [7, 11) is 0. The molecule has 1 aromatic rings. The Bertz CT molecular complexity index is 704. The van der Waals surface area contributed by atoms with Crippen molar-refractivity contribution in [3.8, 4) is 5.75 Å². The third kappa shape index (κ3) is 2.20. The highest BCUT2D eigenvalue weighted by Crippen LogP contribution is 2.45. The molecular formula is C18H22N2O4. The second kappa shape index (κ2) is 5.48. The number of amides is 2. The molecule has 24 heavy (non-hydrogen) atoms. The van der Waals surface area contributed by atoms with Crippen molar-refractivity contribution >= 4 is 11.8 Å². The van der Waals surface area contributed by atoms with Crippen molar-refractivity contribution in [3.05, 3.63) is 29.3 Å². The first-order valence-corrected chi connectivity index (χ1v) is 8.45. The van der Waals surface area contributed by atoms with Crippen LogP contribution in [0.25, 0.3) is 0 Å². The number of carbonyl (C=O) groups is 2. The number of rotatable bonds is 3. The highest BCUT2D eigenvalue weighted by atomic mass is 16.5. The molecule has 2 atom stereocenters. The summed E-state index contributed by atoms with van der Waals surface area (Å²) >= 11 is 0. The van der Waals surface area contributed by atoms with Crippen LogP contribution in [-0.2, 0) is 14.3 Å². The molecule has 6 nitrogen and oxygen atoms in total. The summed E-state index contributed by atoms with van der Waals surface area (Å²) in [5.41, 5.74) is 1.75. The van der Waals surface area contributed by atoms with Crippen LogP contribution in [0.5, 0.6) is 5.75 Å². The van der Waals surface area contributed by atoms with Gasteiger partial charge in [-0.25, -0.2) is 0 Å². The highest BCUT2D eigenvalue weighted by molar-refractivity contribution is 5.85. The van der Waals surface area contributed by atoms with Crippen molar-refractivity contribution in [1.82, 2.24) is 9.80 Å². The van der Waals surface area contributed by atoms with Gasteiger partial charge in [0.25, 0.3) is 5.91 Å². The minimum Gasteiger partial charge on any atom is -0.484 e. The van der Waals surface area contributed by atoms with Crippen LogP contribution < -0.4 is 4.74 Å². The Morgan fingerprint density at radius 1 is 1.33 bits per heavy atom. The van der Waals surface area contributed by atoms with Crippen LogP contribution in [-0.4, -0.2) is 59.7 Å². The van der Waals surface area contributed by atoms with Crippen LogP contribution in [0, 0.1) is 13.8 Å². The minimum absolute atomic E-state index is 0.0106. The molecular weight excluding hydrogens is 308 g/mol. The van der Waals surface area contributed by atoms with Crippen LogP contribution >= 0.6 is 0 Å². The average molecular weight is 330 g/mol. The van der Waals surface area contributed by atoms with Gasteiger partial charge in [-0.3, -0.25) is 9.59 Å². The van der Waals surface area contributed by atoms with Crippen molar-refractivity contribution < 1.29 is 19.1 Å². The van der Waals surface area contributed by atoms with Crippen molar-refractivity contribution in [1.29, 1.82) is 0 Å². The van der Waals surface area contributed by atoms with Gasteiger partial charge >= 0.3 is 0 Å². The first-order chi connectivity index (χ1) is 11.5. The molecule has 0 N–H and O–H groups in total. The summed E-state index contributed by atoms with van der Waals surface area (Å²) in [6.07, 6.45) is 1.05. The Kier molecular flexibility index (Phi) is 3.53. The third-order valence-corrected chi connectivity index (χ3v) is 5.56. The lowest BCUT2D eigenvalue weighted by atomic mass is 10.1. The maximum absolute atomic E-state index is 12.6. The van der Waals surface area contributed by atoms with Crippen molar-refractivity contribution in [2.24, 2.45) is 0 Å². The smallest absolute Gasteiger partial charge is 0.260 e. The van der Waals surface area contributed by atoms with Crippen molar-refractivity contribution in [2.75, 3.05) is 26.3 Å². The number of aryl methyl sites for hydroxylation is 2. The summed E-state index contributed by atoms with van der Waals surface area (Å²) in [6, 6.07) is 5.62. The summed E-state index contributed by atoms with van der Waals surface area (Å²) in [5.74, 6) is 0.701. The first-order valence-electron chi connectivity index (χ1n) is 8.45. The van der Waals surface area contributed by atoms with Gasteiger partial charge in [0, 0.05) is 19.5 Å². The summed E-state index contributed by atoms with van der Waals surface area (Å²) in [6.45, 7) is 5.86. The van der Waals surface area contributed by atoms with E-state index in [2.05, 4.69) is 0 Å². The predicted molar refractivity (Wildman–Crippen MR) is 86.5 cm³/mol. The van der Waals surface area contributed by atoms with E-state index in [1.54, 1.807) is 4.90 Å². The van der Waals surface area contributed by atoms with Gasteiger partial charge in [-0.05, 0) is 37.1 Å². The lowest BCUT2D eigenvalue weighted by Crippen LogP contribution is -2.49. The maximum atomic E-state index is 12.6. The third-order valence-electron chi connectivity index (χ3n) is 5.56. The van der Waals surface area contributed by atoms with E-state index in [0.29, 0.717) is 38.3 Å². The van der Waals surface area contributed by atoms with E-state index < -0.39 is 5.72 Å². The average Bonchev–Trinajstić information content (AvgIpc) is 3.19. The van der Waals surface area contributed by atoms with E-state index in [1.165, 1.54) is 5.56 Å². The zero-order chi connectivity index (χ0) is 16.9. The standard InChI is InChI=1S/C18H22N2O4/c1-12-3-4-14(9-13(12)2)23-11-17(22)19-6-5-18-15(19)10-16(21)20(18)7-8-24-18/h3-4,9,15H,5-8,10-11H2,1-2H3/t15-,18+/m1/s1. The Balaban J connectivity index is 1.44. The zero-order valence-corrected chi connectivity index (χ0v) is 14.1. The van der Waals surface area contributed by atoms with Gasteiger partial charge in [0.15, 0.2) is 12.3 Å². The van der Waals surface area contributed by atoms with E-state index in [0.717, 1.165) is 5.56 Å². The molecule has 0 bridgehead atoms. The largest absolute Gasteiger partial charge is 0.484 e. The van der Waals surface area contributed by atoms with E-state index in [4.69, 9.17) is 9.47 Å². The molecule has 3 fully saturated rings. The van der Waals surface area contributed by atoms with Crippen LogP contribution in [0.15, 0.2) is 18.2 Å². The fraction of sp³-hybridized carbons (Fsp3) is 0.556. The highest BCUT2D eigenvalue weighted by Gasteiger charge is 2.62. The fourth-order valence-corrected chi connectivity index (χ4v) is 4.12. The summed E-state index contributed by atoms with van der Waals surface area (Å²) < 4.78 is 11.6. The monoisotopic (exact) mass is 330 g/mol. The molecule has 6 heteroatoms. The van der Waals surface area contributed by atoms with E-state index >= 15 is 0 Å². The zero-order valence-electron chi connectivity index (χ0n) is 14.1. The lowest BCUT2D eigenvalue weighted by molar-refractivity contribution is -0.140. The van der Waals surface area contributed by atoms with Crippen LogP contribution in [0.3, 0.4) is 0 Å². The Morgan fingerprint density at radius 2 is 2.17 bits per heavy atom.